The van der Waals surface area contributed by atoms with Gasteiger partial charge in [0, 0.05) is 28.9 Å². The maximum Gasteiger partial charge on any atom is 0.132 e. The van der Waals surface area contributed by atoms with Gasteiger partial charge in [-0.1, -0.05) is 32.9 Å². The van der Waals surface area contributed by atoms with Gasteiger partial charge in [0.1, 0.15) is 5.82 Å². The van der Waals surface area contributed by atoms with E-state index in [0.29, 0.717) is 5.82 Å². The van der Waals surface area contributed by atoms with Gasteiger partial charge in [-0.2, -0.15) is 0 Å². The average molecular weight is 277 g/mol. The molecule has 3 aromatic rings. The van der Waals surface area contributed by atoms with Crippen LogP contribution in [-0.4, -0.2) is 9.97 Å². The summed E-state index contributed by atoms with van der Waals surface area (Å²) in [5.41, 5.74) is 10.4. The molecule has 2 aromatic heterocycles. The third kappa shape index (κ3) is 2.59. The zero-order valence-electron chi connectivity index (χ0n) is 12.6. The molecule has 0 aliphatic carbocycles. The summed E-state index contributed by atoms with van der Waals surface area (Å²) in [4.78, 5) is 8.68. The first-order valence-electron chi connectivity index (χ1n) is 7.06. The Balaban J connectivity index is 2.21. The van der Waals surface area contributed by atoms with Crippen molar-refractivity contribution in [3.05, 3.63) is 54.4 Å². The predicted octanol–water partition coefficient (Wildman–Crippen LogP) is 4.18. The van der Waals surface area contributed by atoms with Gasteiger partial charge in [-0.3, -0.25) is 4.98 Å². The molecule has 0 unspecified atom stereocenters. The largest absolute Gasteiger partial charge is 0.383 e. The summed E-state index contributed by atoms with van der Waals surface area (Å²) >= 11 is 0. The highest BCUT2D eigenvalue weighted by atomic mass is 14.8. The van der Waals surface area contributed by atoms with Crippen molar-refractivity contribution in [3.63, 3.8) is 0 Å². The molecular formula is C18H19N3. The first-order chi connectivity index (χ1) is 9.95. The number of nitrogens with zero attached hydrogens (tertiary/aromatic N) is 2. The van der Waals surface area contributed by atoms with Crippen LogP contribution in [0.5, 0.6) is 0 Å². The topological polar surface area (TPSA) is 51.8 Å². The van der Waals surface area contributed by atoms with E-state index < -0.39 is 0 Å². The minimum atomic E-state index is 0.115. The van der Waals surface area contributed by atoms with Gasteiger partial charge in [0.15, 0.2) is 0 Å². The van der Waals surface area contributed by atoms with Gasteiger partial charge in [-0.05, 0) is 35.2 Å². The van der Waals surface area contributed by atoms with E-state index in [2.05, 4.69) is 48.9 Å². The van der Waals surface area contributed by atoms with Crippen LogP contribution in [0.4, 0.5) is 5.82 Å². The van der Waals surface area contributed by atoms with Crippen molar-refractivity contribution in [1.29, 1.82) is 0 Å². The minimum Gasteiger partial charge on any atom is -0.383 e. The second-order valence-electron chi connectivity index (χ2n) is 6.32. The normalized spacial score (nSPS) is 11.8. The van der Waals surface area contributed by atoms with E-state index in [1.54, 1.807) is 6.20 Å². The molecule has 0 fully saturated rings. The molecule has 0 bridgehead atoms. The molecule has 0 aliphatic rings. The summed E-state index contributed by atoms with van der Waals surface area (Å²) < 4.78 is 0. The van der Waals surface area contributed by atoms with Gasteiger partial charge >= 0.3 is 0 Å². The number of hydrogen-bond donors (Lipinski definition) is 1. The predicted molar refractivity (Wildman–Crippen MR) is 88.1 cm³/mol. The van der Waals surface area contributed by atoms with Crippen molar-refractivity contribution < 1.29 is 0 Å². The summed E-state index contributed by atoms with van der Waals surface area (Å²) in [5.74, 6) is 0.541. The second-order valence-corrected chi connectivity index (χ2v) is 6.32. The van der Waals surface area contributed by atoms with Crippen molar-refractivity contribution in [3.8, 4) is 11.1 Å². The van der Waals surface area contributed by atoms with Crippen LogP contribution in [0.3, 0.4) is 0 Å². The van der Waals surface area contributed by atoms with Crippen molar-refractivity contribution in [2.75, 3.05) is 5.73 Å². The van der Waals surface area contributed by atoms with Crippen LogP contribution < -0.4 is 5.73 Å². The van der Waals surface area contributed by atoms with Gasteiger partial charge in [0.05, 0.1) is 5.52 Å². The molecule has 106 valence electrons. The monoisotopic (exact) mass is 277 g/mol. The van der Waals surface area contributed by atoms with Crippen LogP contribution in [0.1, 0.15) is 26.3 Å². The van der Waals surface area contributed by atoms with Crippen LogP contribution in [-0.2, 0) is 5.41 Å². The lowest BCUT2D eigenvalue weighted by atomic mass is 9.86. The van der Waals surface area contributed by atoms with Crippen LogP contribution in [0, 0.1) is 0 Å². The summed E-state index contributed by atoms with van der Waals surface area (Å²) in [7, 11) is 0. The summed E-state index contributed by atoms with van der Waals surface area (Å²) in [5, 5.41) is 1.11. The van der Waals surface area contributed by atoms with Crippen LogP contribution in [0.2, 0.25) is 0 Å². The number of hydrogen-bond acceptors (Lipinski definition) is 3. The number of rotatable bonds is 1. The summed E-state index contributed by atoms with van der Waals surface area (Å²) in [6, 6.07) is 12.4. The number of aromatic nitrogens is 2. The number of benzene rings is 1. The highest BCUT2D eigenvalue weighted by molar-refractivity contribution is 5.89. The molecule has 0 amide bonds. The van der Waals surface area contributed by atoms with E-state index in [9.17, 15) is 0 Å². The first kappa shape index (κ1) is 13.6. The van der Waals surface area contributed by atoms with Gasteiger partial charge in [-0.15, -0.1) is 0 Å². The lowest BCUT2D eigenvalue weighted by Gasteiger charge is -2.19. The smallest absolute Gasteiger partial charge is 0.132 e. The molecule has 0 saturated heterocycles. The average Bonchev–Trinajstić information content (AvgIpc) is 2.46. The Labute approximate surface area is 124 Å². The molecular weight excluding hydrogens is 258 g/mol. The Morgan fingerprint density at radius 2 is 1.86 bits per heavy atom. The van der Waals surface area contributed by atoms with Crippen molar-refractivity contribution >= 4 is 16.7 Å². The zero-order chi connectivity index (χ0) is 15.0. The number of nitrogen functional groups attached to an aromatic ring is 1. The highest BCUT2D eigenvalue weighted by Crippen LogP contribution is 2.30. The van der Waals surface area contributed by atoms with Crippen LogP contribution in [0.15, 0.2) is 48.8 Å². The number of anilines is 1. The molecule has 0 aliphatic heterocycles. The van der Waals surface area contributed by atoms with E-state index in [-0.39, 0.29) is 5.41 Å². The molecule has 3 nitrogen and oxygen atoms in total. The Kier molecular flexibility index (Phi) is 3.13. The molecule has 2 N–H and O–H groups in total. The van der Waals surface area contributed by atoms with Crippen molar-refractivity contribution in [1.82, 2.24) is 9.97 Å². The summed E-state index contributed by atoms with van der Waals surface area (Å²) in [6.07, 6.45) is 3.57. The Hall–Kier alpha value is -2.42. The zero-order valence-corrected chi connectivity index (χ0v) is 12.6. The Morgan fingerprint density at radius 3 is 2.52 bits per heavy atom. The lowest BCUT2D eigenvalue weighted by molar-refractivity contribution is 0.591. The van der Waals surface area contributed by atoms with E-state index in [0.717, 1.165) is 22.0 Å². The fourth-order valence-corrected chi connectivity index (χ4v) is 2.41. The molecule has 1 aromatic carbocycles. The SMILES string of the molecule is CC(C)(C)c1ccc2nc(N)c(-c3cccnc3)cc2c1. The van der Waals surface area contributed by atoms with Crippen molar-refractivity contribution in [2.24, 2.45) is 0 Å². The molecule has 3 rings (SSSR count). The van der Waals surface area contributed by atoms with E-state index in [1.165, 1.54) is 5.56 Å². The van der Waals surface area contributed by atoms with Gasteiger partial charge in [0.2, 0.25) is 0 Å². The third-order valence-corrected chi connectivity index (χ3v) is 3.68. The molecule has 0 spiro atoms. The number of nitrogens with two attached hydrogens (primary N) is 1. The molecule has 0 saturated carbocycles. The molecule has 2 heterocycles. The second kappa shape index (κ2) is 4.85. The van der Waals surface area contributed by atoms with Gasteiger partial charge in [0.25, 0.3) is 0 Å². The Bertz CT molecular complexity index is 787. The first-order valence-corrected chi connectivity index (χ1v) is 7.06. The van der Waals surface area contributed by atoms with Crippen LogP contribution >= 0.6 is 0 Å². The van der Waals surface area contributed by atoms with E-state index in [1.807, 2.05) is 24.4 Å². The number of fused-ring (bicyclic) bond motifs is 1. The van der Waals surface area contributed by atoms with Crippen LogP contribution in [0.25, 0.3) is 22.0 Å². The molecule has 3 heteroatoms. The molecule has 0 radical (unpaired) electrons. The van der Waals surface area contributed by atoms with E-state index >= 15 is 0 Å². The van der Waals surface area contributed by atoms with E-state index in [4.69, 9.17) is 5.73 Å². The maximum absolute atomic E-state index is 6.10. The van der Waals surface area contributed by atoms with Gasteiger partial charge < -0.3 is 5.73 Å². The molecule has 0 atom stereocenters. The third-order valence-electron chi connectivity index (χ3n) is 3.68. The fraction of sp³-hybridized carbons (Fsp3) is 0.222. The quantitative estimate of drug-likeness (QED) is 0.726. The maximum atomic E-state index is 6.10. The standard InChI is InChI=1S/C18H19N3/c1-18(2,3)14-6-7-16-13(9-14)10-15(17(19)21-16)12-5-4-8-20-11-12/h4-11H,1-3H3,(H2,19,21). The minimum absolute atomic E-state index is 0.115. The summed E-state index contributed by atoms with van der Waals surface area (Å²) in [6.45, 7) is 6.63. The number of pyridine rings is 2. The molecule has 21 heavy (non-hydrogen) atoms. The van der Waals surface area contributed by atoms with Crippen molar-refractivity contribution in [2.45, 2.75) is 26.2 Å². The highest BCUT2D eigenvalue weighted by Gasteiger charge is 2.15. The fourth-order valence-electron chi connectivity index (χ4n) is 2.41. The Morgan fingerprint density at radius 1 is 1.05 bits per heavy atom. The van der Waals surface area contributed by atoms with Gasteiger partial charge in [-0.25, -0.2) is 4.98 Å². The lowest BCUT2D eigenvalue weighted by Crippen LogP contribution is -2.10.